The van der Waals surface area contributed by atoms with E-state index in [2.05, 4.69) is 31.4 Å². The van der Waals surface area contributed by atoms with Crippen molar-refractivity contribution in [3.8, 4) is 0 Å². The quantitative estimate of drug-likeness (QED) is 0.586. The maximum Gasteiger partial charge on any atom is 0.233 e. The van der Waals surface area contributed by atoms with E-state index in [0.29, 0.717) is 12.5 Å². The summed E-state index contributed by atoms with van der Waals surface area (Å²) in [6.07, 6.45) is 2.12. The Labute approximate surface area is 81.3 Å². The lowest BCUT2D eigenvalue weighted by Crippen LogP contribution is -2.34. The van der Waals surface area contributed by atoms with Crippen molar-refractivity contribution in [2.45, 2.75) is 33.6 Å². The minimum Gasteiger partial charge on any atom is -0.355 e. The van der Waals surface area contributed by atoms with Crippen LogP contribution in [-0.2, 0) is 4.79 Å². The second kappa shape index (κ2) is 8.05. The Morgan fingerprint density at radius 1 is 1.31 bits per heavy atom. The maximum atomic E-state index is 11.1. The van der Waals surface area contributed by atoms with Gasteiger partial charge in [-0.25, -0.2) is 0 Å². The summed E-state index contributed by atoms with van der Waals surface area (Å²) < 4.78 is 0. The molecule has 3 nitrogen and oxygen atoms in total. The van der Waals surface area contributed by atoms with E-state index in [4.69, 9.17) is 0 Å². The number of nitrogens with one attached hydrogen (secondary N) is 2. The smallest absolute Gasteiger partial charge is 0.233 e. The summed E-state index contributed by atoms with van der Waals surface area (Å²) >= 11 is 0. The molecule has 0 aromatic rings. The first kappa shape index (κ1) is 12.4. The summed E-state index contributed by atoms with van der Waals surface area (Å²) in [7, 11) is 0. The zero-order valence-corrected chi connectivity index (χ0v) is 9.02. The van der Waals surface area contributed by atoms with Crippen molar-refractivity contribution < 1.29 is 4.79 Å². The van der Waals surface area contributed by atoms with Gasteiger partial charge in [0, 0.05) is 6.54 Å². The zero-order chi connectivity index (χ0) is 10.1. The van der Waals surface area contributed by atoms with Crippen LogP contribution in [0.4, 0.5) is 0 Å². The minimum atomic E-state index is 0.106. The van der Waals surface area contributed by atoms with Crippen molar-refractivity contribution >= 4 is 5.91 Å². The van der Waals surface area contributed by atoms with Gasteiger partial charge in [0.15, 0.2) is 0 Å². The molecule has 0 atom stereocenters. The van der Waals surface area contributed by atoms with E-state index in [1.165, 1.54) is 0 Å². The predicted octanol–water partition coefficient (Wildman–Crippen LogP) is 1.15. The molecular formula is C10H22N2O. The molecule has 78 valence electrons. The van der Waals surface area contributed by atoms with Crippen molar-refractivity contribution in [3.05, 3.63) is 0 Å². The maximum absolute atomic E-state index is 11.1. The zero-order valence-electron chi connectivity index (χ0n) is 9.02. The molecule has 0 rings (SSSR count). The Morgan fingerprint density at radius 2 is 2.00 bits per heavy atom. The molecule has 0 heterocycles. The summed E-state index contributed by atoms with van der Waals surface area (Å²) in [5.74, 6) is 0.762. The van der Waals surface area contributed by atoms with Gasteiger partial charge in [0.2, 0.25) is 5.91 Å². The SMILES string of the molecule is CCCNCC(=O)NCCC(C)C. The summed E-state index contributed by atoms with van der Waals surface area (Å²) in [6, 6.07) is 0. The molecule has 0 unspecified atom stereocenters. The molecule has 0 aromatic carbocycles. The molecule has 0 aliphatic rings. The van der Waals surface area contributed by atoms with Gasteiger partial charge in [0.05, 0.1) is 6.54 Å². The Kier molecular flexibility index (Phi) is 7.69. The summed E-state index contributed by atoms with van der Waals surface area (Å²) in [5.41, 5.74) is 0. The third kappa shape index (κ3) is 9.34. The molecule has 0 fully saturated rings. The second-order valence-corrected chi connectivity index (χ2v) is 3.71. The molecule has 3 heteroatoms. The van der Waals surface area contributed by atoms with Crippen molar-refractivity contribution in [3.63, 3.8) is 0 Å². The summed E-state index contributed by atoms with van der Waals surface area (Å²) in [6.45, 7) is 8.56. The Bertz CT molecular complexity index is 135. The van der Waals surface area contributed by atoms with E-state index in [0.717, 1.165) is 25.9 Å². The molecule has 2 N–H and O–H groups in total. The number of amides is 1. The van der Waals surface area contributed by atoms with Crippen LogP contribution in [0.25, 0.3) is 0 Å². The normalized spacial score (nSPS) is 10.5. The van der Waals surface area contributed by atoms with Crippen LogP contribution in [0.3, 0.4) is 0 Å². The molecule has 0 saturated heterocycles. The number of rotatable bonds is 7. The predicted molar refractivity (Wildman–Crippen MR) is 55.6 cm³/mol. The number of carbonyl (C=O) groups is 1. The average Bonchev–Trinajstić information content (AvgIpc) is 2.04. The van der Waals surface area contributed by atoms with Crippen LogP contribution in [0.15, 0.2) is 0 Å². The largest absolute Gasteiger partial charge is 0.355 e. The van der Waals surface area contributed by atoms with Gasteiger partial charge in [-0.2, -0.15) is 0 Å². The van der Waals surface area contributed by atoms with Gasteiger partial charge in [-0.05, 0) is 25.3 Å². The van der Waals surface area contributed by atoms with Gasteiger partial charge >= 0.3 is 0 Å². The van der Waals surface area contributed by atoms with Crippen LogP contribution in [0.5, 0.6) is 0 Å². The molecular weight excluding hydrogens is 164 g/mol. The highest BCUT2D eigenvalue weighted by Gasteiger charge is 1.99. The van der Waals surface area contributed by atoms with Crippen molar-refractivity contribution in [1.82, 2.24) is 10.6 Å². The topological polar surface area (TPSA) is 41.1 Å². The summed E-state index contributed by atoms with van der Waals surface area (Å²) in [4.78, 5) is 11.1. The lowest BCUT2D eigenvalue weighted by Gasteiger charge is -2.07. The minimum absolute atomic E-state index is 0.106. The number of carbonyl (C=O) groups excluding carboxylic acids is 1. The van der Waals surface area contributed by atoms with Crippen LogP contribution in [0.1, 0.15) is 33.6 Å². The van der Waals surface area contributed by atoms with E-state index < -0.39 is 0 Å². The second-order valence-electron chi connectivity index (χ2n) is 3.71. The van der Waals surface area contributed by atoms with Gasteiger partial charge < -0.3 is 10.6 Å². The highest BCUT2D eigenvalue weighted by atomic mass is 16.1. The molecule has 0 saturated carbocycles. The lowest BCUT2D eigenvalue weighted by atomic mass is 10.1. The van der Waals surface area contributed by atoms with Crippen molar-refractivity contribution in [1.29, 1.82) is 0 Å². The van der Waals surface area contributed by atoms with Gasteiger partial charge in [-0.1, -0.05) is 20.8 Å². The number of hydrogen-bond donors (Lipinski definition) is 2. The fourth-order valence-corrected chi connectivity index (χ4v) is 0.941. The van der Waals surface area contributed by atoms with E-state index in [-0.39, 0.29) is 5.91 Å². The Morgan fingerprint density at radius 3 is 2.54 bits per heavy atom. The monoisotopic (exact) mass is 186 g/mol. The highest BCUT2D eigenvalue weighted by molar-refractivity contribution is 5.77. The van der Waals surface area contributed by atoms with E-state index in [1.54, 1.807) is 0 Å². The number of hydrogen-bond acceptors (Lipinski definition) is 2. The molecule has 0 aliphatic carbocycles. The van der Waals surface area contributed by atoms with E-state index in [9.17, 15) is 4.79 Å². The van der Waals surface area contributed by atoms with E-state index >= 15 is 0 Å². The molecule has 0 spiro atoms. The summed E-state index contributed by atoms with van der Waals surface area (Å²) in [5, 5.41) is 5.93. The molecule has 0 aromatic heterocycles. The van der Waals surface area contributed by atoms with Crippen LogP contribution in [0, 0.1) is 5.92 Å². The Hall–Kier alpha value is -0.570. The molecule has 13 heavy (non-hydrogen) atoms. The molecule has 0 bridgehead atoms. The van der Waals surface area contributed by atoms with Crippen LogP contribution in [-0.4, -0.2) is 25.5 Å². The van der Waals surface area contributed by atoms with Crippen LogP contribution < -0.4 is 10.6 Å². The fraction of sp³-hybridized carbons (Fsp3) is 0.900. The first-order valence-electron chi connectivity index (χ1n) is 5.14. The first-order valence-corrected chi connectivity index (χ1v) is 5.14. The fourth-order valence-electron chi connectivity index (χ4n) is 0.941. The van der Waals surface area contributed by atoms with Crippen LogP contribution >= 0.6 is 0 Å². The van der Waals surface area contributed by atoms with Gasteiger partial charge in [0.25, 0.3) is 0 Å². The molecule has 1 amide bonds. The lowest BCUT2D eigenvalue weighted by molar-refractivity contribution is -0.120. The first-order chi connectivity index (χ1) is 6.16. The van der Waals surface area contributed by atoms with Gasteiger partial charge in [-0.3, -0.25) is 4.79 Å². The molecule has 0 aliphatic heterocycles. The van der Waals surface area contributed by atoms with Gasteiger partial charge in [-0.15, -0.1) is 0 Å². The molecule has 0 radical (unpaired) electrons. The average molecular weight is 186 g/mol. The third-order valence-electron chi connectivity index (χ3n) is 1.76. The van der Waals surface area contributed by atoms with Crippen molar-refractivity contribution in [2.24, 2.45) is 5.92 Å². The van der Waals surface area contributed by atoms with Gasteiger partial charge in [0.1, 0.15) is 0 Å². The van der Waals surface area contributed by atoms with Crippen LogP contribution in [0.2, 0.25) is 0 Å². The highest BCUT2D eigenvalue weighted by Crippen LogP contribution is 1.95. The van der Waals surface area contributed by atoms with E-state index in [1.807, 2.05) is 0 Å². The Balaban J connectivity index is 3.20. The third-order valence-corrected chi connectivity index (χ3v) is 1.76. The standard InChI is InChI=1S/C10H22N2O/c1-4-6-11-8-10(13)12-7-5-9(2)3/h9,11H,4-8H2,1-3H3,(H,12,13). The van der Waals surface area contributed by atoms with Crippen molar-refractivity contribution in [2.75, 3.05) is 19.6 Å².